The van der Waals surface area contributed by atoms with Crippen molar-refractivity contribution in [1.29, 1.82) is 0 Å². The molecular weight excluding hydrogens is 351 g/mol. The molecule has 0 aliphatic rings. The summed E-state index contributed by atoms with van der Waals surface area (Å²) < 4.78 is 10.4. The quantitative estimate of drug-likeness (QED) is 0.612. The summed E-state index contributed by atoms with van der Waals surface area (Å²) in [6.45, 7) is 0. The van der Waals surface area contributed by atoms with Crippen molar-refractivity contribution < 1.29 is 14.3 Å². The lowest BCUT2D eigenvalue weighted by atomic mass is 10.1. The Morgan fingerprint density at radius 1 is 1.12 bits per heavy atom. The second-order valence-corrected chi connectivity index (χ2v) is 5.60. The monoisotopic (exact) mass is 366 g/mol. The summed E-state index contributed by atoms with van der Waals surface area (Å²) in [6, 6.07) is 8.36. The molecule has 0 unspecified atom stereocenters. The molecule has 1 amide bonds. The summed E-state index contributed by atoms with van der Waals surface area (Å²) in [5.41, 5.74) is 7.12. The number of rotatable bonds is 5. The number of hydrogen-bond donors (Lipinski definition) is 2. The number of benzene rings is 2. The molecule has 5 nitrogen and oxygen atoms in total. The van der Waals surface area contributed by atoms with E-state index in [9.17, 15) is 4.79 Å². The predicted molar refractivity (Wildman–Crippen MR) is 98.1 cm³/mol. The minimum absolute atomic E-state index is 0.273. The summed E-state index contributed by atoms with van der Waals surface area (Å²) >= 11 is 11.9. The SMILES string of the molecule is COc1ccc(/C=C/C(=O)Nc2cc(Cl)c(N)c(Cl)c2)c(OC)c1. The molecule has 2 rings (SSSR count). The first-order chi connectivity index (χ1) is 11.4. The Labute approximate surface area is 150 Å². The number of anilines is 2. The fourth-order valence-electron chi connectivity index (χ4n) is 1.96. The fourth-order valence-corrected chi connectivity index (χ4v) is 2.45. The van der Waals surface area contributed by atoms with Gasteiger partial charge >= 0.3 is 0 Å². The van der Waals surface area contributed by atoms with Gasteiger partial charge in [0.2, 0.25) is 5.91 Å². The topological polar surface area (TPSA) is 73.6 Å². The molecule has 0 spiro atoms. The summed E-state index contributed by atoms with van der Waals surface area (Å²) in [5, 5.41) is 3.22. The average Bonchev–Trinajstić information content (AvgIpc) is 2.57. The van der Waals surface area contributed by atoms with Crippen molar-refractivity contribution in [3.05, 3.63) is 52.0 Å². The van der Waals surface area contributed by atoms with E-state index in [2.05, 4.69) is 5.32 Å². The second-order valence-electron chi connectivity index (χ2n) is 4.78. The summed E-state index contributed by atoms with van der Waals surface area (Å²) in [5.74, 6) is 0.918. The van der Waals surface area contributed by atoms with Crippen LogP contribution >= 0.6 is 23.2 Å². The smallest absolute Gasteiger partial charge is 0.248 e. The van der Waals surface area contributed by atoms with E-state index in [0.717, 1.165) is 5.56 Å². The molecule has 0 aliphatic heterocycles. The molecule has 3 N–H and O–H groups in total. The normalized spacial score (nSPS) is 10.7. The molecule has 0 aromatic heterocycles. The Hall–Kier alpha value is -2.37. The Bertz CT molecular complexity index is 768. The van der Waals surface area contributed by atoms with Gasteiger partial charge in [0.1, 0.15) is 11.5 Å². The van der Waals surface area contributed by atoms with Crippen LogP contribution in [-0.4, -0.2) is 20.1 Å². The standard InChI is InChI=1S/C17H16Cl2N2O3/c1-23-12-5-3-10(15(9-12)24-2)4-6-16(22)21-11-7-13(18)17(20)14(19)8-11/h3-9H,20H2,1-2H3,(H,21,22)/b6-4+. The minimum Gasteiger partial charge on any atom is -0.497 e. The maximum atomic E-state index is 12.0. The number of carbonyl (C=O) groups excluding carboxylic acids is 1. The van der Waals surface area contributed by atoms with Crippen LogP contribution in [0.1, 0.15) is 5.56 Å². The van der Waals surface area contributed by atoms with E-state index in [1.807, 2.05) is 0 Å². The fraction of sp³-hybridized carbons (Fsp3) is 0.118. The summed E-state index contributed by atoms with van der Waals surface area (Å²) in [6.07, 6.45) is 3.01. The van der Waals surface area contributed by atoms with Gasteiger partial charge in [-0.15, -0.1) is 0 Å². The van der Waals surface area contributed by atoms with E-state index in [0.29, 0.717) is 17.2 Å². The number of ether oxygens (including phenoxy) is 2. The zero-order valence-electron chi connectivity index (χ0n) is 13.1. The van der Waals surface area contributed by atoms with E-state index in [1.165, 1.54) is 18.2 Å². The molecule has 0 radical (unpaired) electrons. The molecule has 0 aliphatic carbocycles. The molecule has 24 heavy (non-hydrogen) atoms. The molecule has 126 valence electrons. The number of halogens is 2. The first-order valence-corrected chi connectivity index (χ1v) is 7.65. The lowest BCUT2D eigenvalue weighted by molar-refractivity contribution is -0.111. The number of methoxy groups -OCH3 is 2. The highest BCUT2D eigenvalue weighted by atomic mass is 35.5. The molecule has 0 saturated carbocycles. The molecule has 0 heterocycles. The van der Waals surface area contributed by atoms with E-state index in [4.69, 9.17) is 38.4 Å². The first-order valence-electron chi connectivity index (χ1n) is 6.90. The van der Waals surface area contributed by atoms with Crippen LogP contribution in [0.5, 0.6) is 11.5 Å². The van der Waals surface area contributed by atoms with Gasteiger partial charge in [0.15, 0.2) is 0 Å². The summed E-state index contributed by atoms with van der Waals surface area (Å²) in [7, 11) is 3.12. The van der Waals surface area contributed by atoms with Gasteiger partial charge in [-0.05, 0) is 30.3 Å². The Balaban J connectivity index is 2.14. The highest BCUT2D eigenvalue weighted by molar-refractivity contribution is 6.39. The lowest BCUT2D eigenvalue weighted by Crippen LogP contribution is -2.08. The molecule has 0 atom stereocenters. The molecule has 0 saturated heterocycles. The van der Waals surface area contributed by atoms with Crippen molar-refractivity contribution in [2.45, 2.75) is 0 Å². The van der Waals surface area contributed by atoms with Crippen molar-refractivity contribution in [3.63, 3.8) is 0 Å². The van der Waals surface area contributed by atoms with Crippen molar-refractivity contribution in [1.82, 2.24) is 0 Å². The van der Waals surface area contributed by atoms with Crippen LogP contribution in [0.3, 0.4) is 0 Å². The maximum absolute atomic E-state index is 12.0. The van der Waals surface area contributed by atoms with Crippen LogP contribution in [0.4, 0.5) is 11.4 Å². The predicted octanol–water partition coefficient (Wildman–Crippen LogP) is 4.24. The van der Waals surface area contributed by atoms with E-state index in [-0.39, 0.29) is 21.6 Å². The molecule has 7 heteroatoms. The van der Waals surface area contributed by atoms with Crippen LogP contribution in [0, 0.1) is 0 Å². The second kappa shape index (κ2) is 7.95. The van der Waals surface area contributed by atoms with E-state index >= 15 is 0 Å². The third-order valence-corrected chi connectivity index (χ3v) is 3.83. The summed E-state index contributed by atoms with van der Waals surface area (Å²) in [4.78, 5) is 12.0. The van der Waals surface area contributed by atoms with Gasteiger partial charge < -0.3 is 20.5 Å². The largest absolute Gasteiger partial charge is 0.497 e. The van der Waals surface area contributed by atoms with Crippen LogP contribution in [0.2, 0.25) is 10.0 Å². The molecule has 0 bridgehead atoms. The minimum atomic E-state index is -0.343. The van der Waals surface area contributed by atoms with Crippen LogP contribution in [0.25, 0.3) is 6.08 Å². The van der Waals surface area contributed by atoms with Crippen LogP contribution < -0.4 is 20.5 Å². The molecule has 2 aromatic carbocycles. The number of nitrogen functional groups attached to an aromatic ring is 1. The van der Waals surface area contributed by atoms with E-state index < -0.39 is 0 Å². The zero-order valence-corrected chi connectivity index (χ0v) is 14.6. The highest BCUT2D eigenvalue weighted by Gasteiger charge is 2.07. The van der Waals surface area contributed by atoms with Gasteiger partial charge in [-0.2, -0.15) is 0 Å². The average molecular weight is 367 g/mol. The van der Waals surface area contributed by atoms with E-state index in [1.54, 1.807) is 38.5 Å². The third-order valence-electron chi connectivity index (χ3n) is 3.20. The Morgan fingerprint density at radius 3 is 2.38 bits per heavy atom. The maximum Gasteiger partial charge on any atom is 0.248 e. The molecular formula is C17H16Cl2N2O3. The van der Waals surface area contributed by atoms with Crippen molar-refractivity contribution in [3.8, 4) is 11.5 Å². The molecule has 2 aromatic rings. The van der Waals surface area contributed by atoms with Gasteiger partial charge in [0.05, 0.1) is 30.0 Å². The zero-order chi connectivity index (χ0) is 17.7. The third kappa shape index (κ3) is 4.34. The number of amides is 1. The number of hydrogen-bond acceptors (Lipinski definition) is 4. The van der Waals surface area contributed by atoms with Gasteiger partial charge in [-0.1, -0.05) is 23.2 Å². The van der Waals surface area contributed by atoms with Crippen LogP contribution in [-0.2, 0) is 4.79 Å². The van der Waals surface area contributed by atoms with Crippen molar-refractivity contribution >= 4 is 46.6 Å². The number of carbonyl (C=O) groups is 1. The lowest BCUT2D eigenvalue weighted by Gasteiger charge is -2.08. The van der Waals surface area contributed by atoms with Crippen LogP contribution in [0.15, 0.2) is 36.4 Å². The van der Waals surface area contributed by atoms with Gasteiger partial charge in [-0.3, -0.25) is 4.79 Å². The number of nitrogens with two attached hydrogens (primary N) is 1. The van der Waals surface area contributed by atoms with Gasteiger partial charge in [0, 0.05) is 23.4 Å². The van der Waals surface area contributed by atoms with Gasteiger partial charge in [-0.25, -0.2) is 0 Å². The molecule has 0 fully saturated rings. The van der Waals surface area contributed by atoms with Crippen molar-refractivity contribution in [2.24, 2.45) is 0 Å². The highest BCUT2D eigenvalue weighted by Crippen LogP contribution is 2.31. The Morgan fingerprint density at radius 2 is 1.79 bits per heavy atom. The Kier molecular flexibility index (Phi) is 5.95. The first kappa shape index (κ1) is 18.0. The number of nitrogens with one attached hydrogen (secondary N) is 1. The van der Waals surface area contributed by atoms with Crippen molar-refractivity contribution in [2.75, 3.05) is 25.3 Å². The van der Waals surface area contributed by atoms with Gasteiger partial charge in [0.25, 0.3) is 0 Å².